The number of ketones is 1. The first-order valence-electron chi connectivity index (χ1n) is 5.87. The second-order valence-electron chi connectivity index (χ2n) is 3.45. The van der Waals surface area contributed by atoms with E-state index in [1.165, 1.54) is 26.2 Å². The monoisotopic (exact) mass is 224 g/mol. The Labute approximate surface area is 99.4 Å². The van der Waals surface area contributed by atoms with Crippen LogP contribution in [0.25, 0.3) is 0 Å². The Bertz CT molecular complexity index is 237. The highest BCUT2D eigenvalue weighted by atomic mass is 16.1. The molecule has 0 spiro atoms. The van der Waals surface area contributed by atoms with Gasteiger partial charge >= 0.3 is 0 Å². The zero-order chi connectivity index (χ0) is 12.8. The molecule has 16 heavy (non-hydrogen) atoms. The fourth-order valence-electron chi connectivity index (χ4n) is 1.16. The zero-order valence-electron chi connectivity index (χ0n) is 11.0. The summed E-state index contributed by atoms with van der Waals surface area (Å²) in [5.74, 6) is 0.162. The molecular formula is C14H24O2. The van der Waals surface area contributed by atoms with Crippen molar-refractivity contribution in [3.8, 4) is 0 Å². The van der Waals surface area contributed by atoms with E-state index in [4.69, 9.17) is 4.79 Å². The number of unbranched alkanes of at least 4 members (excludes halogenated alkanes) is 3. The Morgan fingerprint density at radius 3 is 2.12 bits per heavy atom. The molecule has 0 heterocycles. The fraction of sp³-hybridized carbons (Fsp3) is 0.571. The maximum absolute atomic E-state index is 11.1. The topological polar surface area (TPSA) is 34.1 Å². The molecule has 0 N–H and O–H groups in total. The quantitative estimate of drug-likeness (QED) is 0.297. The van der Waals surface area contributed by atoms with E-state index < -0.39 is 0 Å². The normalized spacial score (nSPS) is 10.9. The summed E-state index contributed by atoms with van der Waals surface area (Å²) < 4.78 is 0. The third-order valence-corrected chi connectivity index (χ3v) is 1.92. The van der Waals surface area contributed by atoms with E-state index in [0.717, 1.165) is 18.3 Å². The Morgan fingerprint density at radius 1 is 1.19 bits per heavy atom. The maximum Gasteiger partial charge on any atom is 0.159 e. The lowest BCUT2D eigenvalue weighted by atomic mass is 10.1. The molecule has 0 fully saturated rings. The average Bonchev–Trinajstić information content (AvgIpc) is 2.23. The molecule has 0 saturated carbocycles. The smallest absolute Gasteiger partial charge is 0.159 e. The van der Waals surface area contributed by atoms with Gasteiger partial charge in [-0.05, 0) is 33.6 Å². The Hall–Kier alpha value is -1.18. The molecule has 2 nitrogen and oxygen atoms in total. The molecule has 0 aliphatic carbocycles. The van der Waals surface area contributed by atoms with Gasteiger partial charge in [0, 0.05) is 5.57 Å². The minimum Gasteiger partial charge on any atom is -0.304 e. The first-order chi connectivity index (χ1) is 7.63. The SMILES string of the molecule is C/C=C\C(=C/CCCCC)C(C)=O.CC=O. The molecule has 0 rings (SSSR count). The molecule has 2 heteroatoms. The van der Waals surface area contributed by atoms with Crippen molar-refractivity contribution in [2.24, 2.45) is 0 Å². The maximum atomic E-state index is 11.1. The van der Waals surface area contributed by atoms with Crippen LogP contribution in [0, 0.1) is 0 Å². The van der Waals surface area contributed by atoms with Crippen molar-refractivity contribution >= 4 is 12.1 Å². The largest absolute Gasteiger partial charge is 0.304 e. The van der Waals surface area contributed by atoms with E-state index >= 15 is 0 Å². The fourth-order valence-corrected chi connectivity index (χ4v) is 1.16. The molecule has 0 saturated heterocycles. The van der Waals surface area contributed by atoms with Crippen LogP contribution in [0.3, 0.4) is 0 Å². The number of allylic oxidation sites excluding steroid dienone is 4. The van der Waals surface area contributed by atoms with Gasteiger partial charge in [0.25, 0.3) is 0 Å². The van der Waals surface area contributed by atoms with Crippen molar-refractivity contribution in [2.45, 2.75) is 53.4 Å². The summed E-state index contributed by atoms with van der Waals surface area (Å²) in [6.45, 7) is 7.18. The highest BCUT2D eigenvalue weighted by molar-refractivity contribution is 5.95. The molecule has 0 unspecified atom stereocenters. The molecule has 0 atom stereocenters. The van der Waals surface area contributed by atoms with Crippen LogP contribution in [0.1, 0.15) is 53.4 Å². The van der Waals surface area contributed by atoms with Crippen LogP contribution in [0.4, 0.5) is 0 Å². The van der Waals surface area contributed by atoms with Gasteiger partial charge in [-0.1, -0.05) is 38.0 Å². The summed E-state index contributed by atoms with van der Waals surface area (Å²) in [7, 11) is 0. The van der Waals surface area contributed by atoms with E-state index in [9.17, 15) is 4.79 Å². The lowest BCUT2D eigenvalue weighted by Crippen LogP contribution is -1.92. The average molecular weight is 224 g/mol. The van der Waals surface area contributed by atoms with E-state index in [1.54, 1.807) is 6.92 Å². The van der Waals surface area contributed by atoms with Crippen LogP contribution in [0.2, 0.25) is 0 Å². The van der Waals surface area contributed by atoms with Crippen LogP contribution >= 0.6 is 0 Å². The van der Waals surface area contributed by atoms with E-state index in [0.29, 0.717) is 0 Å². The second kappa shape index (κ2) is 13.8. The van der Waals surface area contributed by atoms with E-state index in [1.807, 2.05) is 25.2 Å². The third-order valence-electron chi connectivity index (χ3n) is 1.92. The third kappa shape index (κ3) is 12.8. The van der Waals surface area contributed by atoms with Gasteiger partial charge in [0.2, 0.25) is 0 Å². The second-order valence-corrected chi connectivity index (χ2v) is 3.45. The first-order valence-corrected chi connectivity index (χ1v) is 5.87. The Morgan fingerprint density at radius 2 is 1.75 bits per heavy atom. The van der Waals surface area contributed by atoms with Gasteiger partial charge in [0.15, 0.2) is 5.78 Å². The number of rotatable bonds is 6. The van der Waals surface area contributed by atoms with Gasteiger partial charge in [-0.15, -0.1) is 0 Å². The number of hydrogen-bond donors (Lipinski definition) is 0. The molecule has 0 amide bonds. The summed E-state index contributed by atoms with van der Waals surface area (Å²) in [5.41, 5.74) is 0.846. The molecule has 0 aliphatic heterocycles. The standard InChI is InChI=1S/C12H20O.C2H4O/c1-4-6-7-8-10-12(9-5-2)11(3)13;1-2-3/h5,9-10H,4,6-8H2,1-3H3;2H,1H3/b9-5-,12-10+;. The summed E-state index contributed by atoms with van der Waals surface area (Å²) in [5, 5.41) is 0. The van der Waals surface area contributed by atoms with Crippen LogP contribution in [0.5, 0.6) is 0 Å². The molecular weight excluding hydrogens is 200 g/mol. The summed E-state index contributed by atoms with van der Waals surface area (Å²) in [4.78, 5) is 19.9. The molecule has 0 aromatic rings. The molecule has 0 aromatic carbocycles. The lowest BCUT2D eigenvalue weighted by molar-refractivity contribution is -0.113. The summed E-state index contributed by atoms with van der Waals surface area (Å²) in [6, 6.07) is 0. The molecule has 0 aliphatic rings. The van der Waals surface area contributed by atoms with Crippen LogP contribution < -0.4 is 0 Å². The first kappa shape index (κ1) is 17.2. The van der Waals surface area contributed by atoms with Crippen molar-refractivity contribution < 1.29 is 9.59 Å². The number of aldehydes is 1. The van der Waals surface area contributed by atoms with E-state index in [-0.39, 0.29) is 5.78 Å². The van der Waals surface area contributed by atoms with Gasteiger partial charge in [-0.2, -0.15) is 0 Å². The van der Waals surface area contributed by atoms with Crippen molar-refractivity contribution in [1.29, 1.82) is 0 Å². The predicted octanol–water partition coefficient (Wildman–Crippen LogP) is 3.86. The van der Waals surface area contributed by atoms with Crippen molar-refractivity contribution in [3.05, 3.63) is 23.8 Å². The molecule has 92 valence electrons. The number of carbonyl (C=O) groups is 2. The van der Waals surface area contributed by atoms with Gasteiger partial charge in [-0.3, -0.25) is 4.79 Å². The van der Waals surface area contributed by atoms with Gasteiger partial charge in [-0.25, -0.2) is 0 Å². The number of Topliss-reactive ketones (excluding diaryl/α,β-unsaturated/α-hetero) is 1. The van der Waals surface area contributed by atoms with Gasteiger partial charge < -0.3 is 4.79 Å². The molecule has 0 aromatic heterocycles. The van der Waals surface area contributed by atoms with Gasteiger partial charge in [0.1, 0.15) is 6.29 Å². The van der Waals surface area contributed by atoms with Crippen molar-refractivity contribution in [3.63, 3.8) is 0 Å². The molecule has 0 radical (unpaired) electrons. The number of hydrogen-bond acceptors (Lipinski definition) is 2. The minimum absolute atomic E-state index is 0.162. The van der Waals surface area contributed by atoms with E-state index in [2.05, 4.69) is 6.92 Å². The highest BCUT2D eigenvalue weighted by Crippen LogP contribution is 2.05. The zero-order valence-corrected chi connectivity index (χ0v) is 11.0. The summed E-state index contributed by atoms with van der Waals surface area (Å²) in [6.07, 6.45) is 11.3. The van der Waals surface area contributed by atoms with Crippen molar-refractivity contribution in [2.75, 3.05) is 0 Å². The van der Waals surface area contributed by atoms with Crippen molar-refractivity contribution in [1.82, 2.24) is 0 Å². The van der Waals surface area contributed by atoms with Crippen LogP contribution in [-0.4, -0.2) is 12.1 Å². The minimum atomic E-state index is 0.162. The van der Waals surface area contributed by atoms with Gasteiger partial charge in [0.05, 0.1) is 0 Å². The van der Waals surface area contributed by atoms with Crippen LogP contribution in [0.15, 0.2) is 23.8 Å². The Balaban J connectivity index is 0. The molecule has 0 bridgehead atoms. The summed E-state index contributed by atoms with van der Waals surface area (Å²) >= 11 is 0. The predicted molar refractivity (Wildman–Crippen MR) is 69.5 cm³/mol. The number of carbonyl (C=O) groups excluding carboxylic acids is 2. The highest BCUT2D eigenvalue weighted by Gasteiger charge is 1.96. The Kier molecular flexibility index (Phi) is 14.9. The lowest BCUT2D eigenvalue weighted by Gasteiger charge is -1.96. The van der Waals surface area contributed by atoms with Crippen LogP contribution in [-0.2, 0) is 9.59 Å².